The molecule has 0 aliphatic carbocycles. The summed E-state index contributed by atoms with van der Waals surface area (Å²) in [4.78, 5) is 0. The summed E-state index contributed by atoms with van der Waals surface area (Å²) in [6.07, 6.45) is 12.4. The third-order valence-electron chi connectivity index (χ3n) is 5.27. The molecule has 0 heterocycles. The second kappa shape index (κ2) is 11.8. The highest BCUT2D eigenvalue weighted by Crippen LogP contribution is 2.29. The van der Waals surface area contributed by atoms with Crippen LogP contribution < -0.4 is 4.74 Å². The van der Waals surface area contributed by atoms with Gasteiger partial charge in [-0.05, 0) is 49.9 Å². The molecule has 0 atom stereocenters. The Morgan fingerprint density at radius 2 is 1.32 bits per heavy atom. The molecule has 2 aromatic carbocycles. The van der Waals surface area contributed by atoms with Crippen molar-refractivity contribution in [3.63, 3.8) is 0 Å². The third-order valence-corrected chi connectivity index (χ3v) is 5.27. The Bertz CT molecular complexity index is 690. The highest BCUT2D eigenvalue weighted by molar-refractivity contribution is 5.36. The number of rotatable bonds is 13. The van der Waals surface area contributed by atoms with Gasteiger partial charge in [0.05, 0.1) is 0 Å². The van der Waals surface area contributed by atoms with Crippen molar-refractivity contribution >= 4 is 0 Å². The van der Waals surface area contributed by atoms with Crippen LogP contribution in [0.2, 0.25) is 0 Å². The standard InChI is InChI=1S/C26H38O2/c1-4-5-6-7-8-9-10-11-16-22-17-13-15-20-25(22)28-26(2,3)21-23-18-12-14-19-24(23)27/h12-15,17-20,27H,4-11,16,21H2,1-3H3. The van der Waals surface area contributed by atoms with Gasteiger partial charge in [0.1, 0.15) is 17.1 Å². The highest BCUT2D eigenvalue weighted by atomic mass is 16.5. The number of aryl methyl sites for hydroxylation is 1. The van der Waals surface area contributed by atoms with Crippen LogP contribution in [-0.2, 0) is 12.8 Å². The first kappa shape index (κ1) is 22.3. The Hall–Kier alpha value is -1.96. The molecule has 0 aliphatic heterocycles. The predicted molar refractivity (Wildman–Crippen MR) is 119 cm³/mol. The average molecular weight is 383 g/mol. The van der Waals surface area contributed by atoms with Crippen LogP contribution in [0.15, 0.2) is 48.5 Å². The van der Waals surface area contributed by atoms with E-state index in [0.29, 0.717) is 12.2 Å². The Morgan fingerprint density at radius 1 is 0.750 bits per heavy atom. The van der Waals surface area contributed by atoms with Gasteiger partial charge in [0.15, 0.2) is 0 Å². The van der Waals surface area contributed by atoms with E-state index in [1.54, 1.807) is 6.07 Å². The van der Waals surface area contributed by atoms with Crippen LogP contribution >= 0.6 is 0 Å². The molecule has 0 aromatic heterocycles. The first-order valence-corrected chi connectivity index (χ1v) is 11.1. The maximum absolute atomic E-state index is 10.1. The monoisotopic (exact) mass is 382 g/mol. The Balaban J connectivity index is 1.84. The van der Waals surface area contributed by atoms with Crippen LogP contribution in [-0.4, -0.2) is 10.7 Å². The number of unbranched alkanes of at least 4 members (excludes halogenated alkanes) is 7. The Kier molecular flexibility index (Phi) is 9.40. The Morgan fingerprint density at radius 3 is 2.00 bits per heavy atom. The summed E-state index contributed by atoms with van der Waals surface area (Å²) in [5.41, 5.74) is 1.83. The van der Waals surface area contributed by atoms with Crippen molar-refractivity contribution in [2.24, 2.45) is 0 Å². The molecule has 2 heteroatoms. The lowest BCUT2D eigenvalue weighted by Crippen LogP contribution is -2.31. The zero-order valence-electron chi connectivity index (χ0n) is 18.0. The van der Waals surface area contributed by atoms with Crippen molar-refractivity contribution in [3.05, 3.63) is 59.7 Å². The molecule has 28 heavy (non-hydrogen) atoms. The third kappa shape index (κ3) is 7.96. The zero-order valence-corrected chi connectivity index (χ0v) is 18.0. The maximum atomic E-state index is 10.1. The molecule has 0 aliphatic rings. The fourth-order valence-corrected chi connectivity index (χ4v) is 3.71. The summed E-state index contributed by atoms with van der Waals surface area (Å²) in [6.45, 7) is 6.45. The van der Waals surface area contributed by atoms with Crippen molar-refractivity contribution in [1.29, 1.82) is 0 Å². The van der Waals surface area contributed by atoms with Crippen LogP contribution in [0.25, 0.3) is 0 Å². The minimum Gasteiger partial charge on any atom is -0.508 e. The first-order chi connectivity index (χ1) is 13.5. The number of hydrogen-bond donors (Lipinski definition) is 1. The number of para-hydroxylation sites is 2. The highest BCUT2D eigenvalue weighted by Gasteiger charge is 2.23. The van der Waals surface area contributed by atoms with Gasteiger partial charge in [0.2, 0.25) is 0 Å². The molecule has 0 bridgehead atoms. The molecule has 2 nitrogen and oxygen atoms in total. The molecule has 0 radical (unpaired) electrons. The number of hydrogen-bond acceptors (Lipinski definition) is 2. The summed E-state index contributed by atoms with van der Waals surface area (Å²) in [6, 6.07) is 15.9. The van der Waals surface area contributed by atoms with Gasteiger partial charge in [-0.2, -0.15) is 0 Å². The van der Waals surface area contributed by atoms with E-state index in [1.165, 1.54) is 56.9 Å². The van der Waals surface area contributed by atoms with Crippen molar-refractivity contribution in [3.8, 4) is 11.5 Å². The predicted octanol–water partition coefficient (Wildman–Crippen LogP) is 7.48. The second-order valence-corrected chi connectivity index (χ2v) is 8.50. The van der Waals surface area contributed by atoms with Gasteiger partial charge in [0.25, 0.3) is 0 Å². The fraction of sp³-hybridized carbons (Fsp3) is 0.538. The molecule has 0 saturated carbocycles. The summed E-state index contributed by atoms with van der Waals surface area (Å²) < 4.78 is 6.40. The van der Waals surface area contributed by atoms with E-state index < -0.39 is 0 Å². The number of ether oxygens (including phenoxy) is 1. The van der Waals surface area contributed by atoms with Gasteiger partial charge in [-0.15, -0.1) is 0 Å². The van der Waals surface area contributed by atoms with Crippen molar-refractivity contribution in [2.45, 2.75) is 90.6 Å². The van der Waals surface area contributed by atoms with Crippen LogP contribution in [0.1, 0.15) is 83.3 Å². The molecule has 0 spiro atoms. The minimum absolute atomic E-state index is 0.339. The smallest absolute Gasteiger partial charge is 0.123 e. The molecule has 0 unspecified atom stereocenters. The molecule has 2 rings (SSSR count). The quantitative estimate of drug-likeness (QED) is 0.364. The molecule has 0 fully saturated rings. The summed E-state index contributed by atoms with van der Waals surface area (Å²) in [5.74, 6) is 1.32. The number of aromatic hydroxyl groups is 1. The van der Waals surface area contributed by atoms with E-state index in [4.69, 9.17) is 4.74 Å². The van der Waals surface area contributed by atoms with Crippen LogP contribution in [0.5, 0.6) is 11.5 Å². The van der Waals surface area contributed by atoms with Gasteiger partial charge >= 0.3 is 0 Å². The number of phenols is 1. The molecule has 0 amide bonds. The van der Waals surface area contributed by atoms with Gasteiger partial charge in [-0.1, -0.05) is 88.3 Å². The SMILES string of the molecule is CCCCCCCCCCc1ccccc1OC(C)(C)Cc1ccccc1O. The lowest BCUT2D eigenvalue weighted by atomic mass is 9.97. The van der Waals surface area contributed by atoms with E-state index in [0.717, 1.165) is 17.7 Å². The van der Waals surface area contributed by atoms with Crippen molar-refractivity contribution < 1.29 is 9.84 Å². The lowest BCUT2D eigenvalue weighted by molar-refractivity contribution is 0.107. The van der Waals surface area contributed by atoms with E-state index in [1.807, 2.05) is 24.3 Å². The Labute approximate surface area is 172 Å². The maximum Gasteiger partial charge on any atom is 0.123 e. The molecule has 2 aromatic rings. The van der Waals surface area contributed by atoms with Gasteiger partial charge < -0.3 is 9.84 Å². The molecule has 1 N–H and O–H groups in total. The second-order valence-electron chi connectivity index (χ2n) is 8.50. The van der Waals surface area contributed by atoms with Gasteiger partial charge in [-0.3, -0.25) is 0 Å². The van der Waals surface area contributed by atoms with Crippen LogP contribution in [0.4, 0.5) is 0 Å². The van der Waals surface area contributed by atoms with E-state index in [-0.39, 0.29) is 5.60 Å². The molecule has 0 saturated heterocycles. The lowest BCUT2D eigenvalue weighted by Gasteiger charge is -2.28. The van der Waals surface area contributed by atoms with E-state index in [2.05, 4.69) is 39.0 Å². The van der Waals surface area contributed by atoms with Gasteiger partial charge in [0, 0.05) is 6.42 Å². The fourth-order valence-electron chi connectivity index (χ4n) is 3.71. The normalized spacial score (nSPS) is 11.5. The van der Waals surface area contributed by atoms with Crippen molar-refractivity contribution in [2.75, 3.05) is 0 Å². The van der Waals surface area contributed by atoms with E-state index in [9.17, 15) is 5.11 Å². The average Bonchev–Trinajstić information content (AvgIpc) is 2.66. The van der Waals surface area contributed by atoms with E-state index >= 15 is 0 Å². The largest absolute Gasteiger partial charge is 0.508 e. The number of phenolic OH excluding ortho intramolecular Hbond substituents is 1. The molecular formula is C26H38O2. The summed E-state index contributed by atoms with van der Waals surface area (Å²) >= 11 is 0. The summed E-state index contributed by atoms with van der Waals surface area (Å²) in [7, 11) is 0. The minimum atomic E-state index is -0.381. The van der Waals surface area contributed by atoms with Crippen LogP contribution in [0, 0.1) is 0 Å². The molecular weight excluding hydrogens is 344 g/mol. The topological polar surface area (TPSA) is 29.5 Å². The zero-order chi connectivity index (χ0) is 20.2. The summed E-state index contributed by atoms with van der Waals surface area (Å²) in [5, 5.41) is 10.1. The first-order valence-electron chi connectivity index (χ1n) is 11.1. The molecule has 154 valence electrons. The van der Waals surface area contributed by atoms with Crippen LogP contribution in [0.3, 0.4) is 0 Å². The van der Waals surface area contributed by atoms with Crippen molar-refractivity contribution in [1.82, 2.24) is 0 Å². The number of benzene rings is 2. The van der Waals surface area contributed by atoms with Gasteiger partial charge in [-0.25, -0.2) is 0 Å².